The molecule has 0 spiro atoms. The summed E-state index contributed by atoms with van der Waals surface area (Å²) in [6.07, 6.45) is 4.37. The Morgan fingerprint density at radius 1 is 0.485 bits per heavy atom. The van der Waals surface area contributed by atoms with Crippen molar-refractivity contribution < 1.29 is 66.8 Å². The van der Waals surface area contributed by atoms with Crippen molar-refractivity contribution in [1.29, 1.82) is 0 Å². The van der Waals surface area contributed by atoms with Crippen molar-refractivity contribution in [1.82, 2.24) is 9.97 Å². The number of benzene rings is 2. The first-order valence-corrected chi connectivity index (χ1v) is 21.5. The molecule has 6 rings (SSSR count). The van der Waals surface area contributed by atoms with Crippen LogP contribution in [-0.2, 0) is 47.7 Å². The standard InChI is InChI=1S/C52H46N2O14/c1-5-45(55)63-25-27-65-47(57)21-23-49(59)67-43-19-11-17-41(53-43)31(3)37-29-39(33-13-7-9-15-35(33)51(37)61)40-30-38(52(62)36-16-10-8-14-34(36)40)32(4)42-18-12-20-44(54-42)68-50(60)24-22-48(58)66-28-26-64-46(56)6-2/h5-20,29-32H,1-2,21-28H2,3-4H3/b40-39+. The van der Waals surface area contributed by atoms with Gasteiger partial charge in [-0.1, -0.05) is 87.7 Å². The summed E-state index contributed by atoms with van der Waals surface area (Å²) in [4.78, 5) is 110. The number of ketones is 2. The molecule has 0 aliphatic heterocycles. The number of hydrogen-bond acceptors (Lipinski definition) is 16. The molecule has 16 heteroatoms. The summed E-state index contributed by atoms with van der Waals surface area (Å²) in [6.45, 7) is 9.48. The summed E-state index contributed by atoms with van der Waals surface area (Å²) in [5.74, 6) is -5.97. The Morgan fingerprint density at radius 3 is 1.22 bits per heavy atom. The van der Waals surface area contributed by atoms with E-state index in [0.717, 1.165) is 12.2 Å². The summed E-state index contributed by atoms with van der Waals surface area (Å²) >= 11 is 0. The third-order valence-electron chi connectivity index (χ3n) is 10.7. The number of Topliss-reactive ketones (excluding diaryl/α,β-unsaturated/α-hetero) is 2. The molecule has 2 atom stereocenters. The molecule has 0 saturated heterocycles. The third-order valence-corrected chi connectivity index (χ3v) is 10.7. The van der Waals surface area contributed by atoms with Gasteiger partial charge in [0.2, 0.25) is 11.8 Å². The highest BCUT2D eigenvalue weighted by atomic mass is 16.6. The predicted octanol–water partition coefficient (Wildman–Crippen LogP) is 7.16. The Bertz CT molecular complexity index is 2600. The van der Waals surface area contributed by atoms with E-state index in [1.165, 1.54) is 12.1 Å². The number of carbonyl (C=O) groups is 8. The van der Waals surface area contributed by atoms with Gasteiger partial charge in [-0.05, 0) is 46.6 Å². The number of hydrogen-bond donors (Lipinski definition) is 0. The fraction of sp³-hybridized carbons (Fsp3) is 0.231. The maximum absolute atomic E-state index is 14.3. The largest absolute Gasteiger partial charge is 0.462 e. The van der Waals surface area contributed by atoms with E-state index < -0.39 is 47.7 Å². The Kier molecular flexibility index (Phi) is 16.7. The molecule has 0 N–H and O–H groups in total. The zero-order chi connectivity index (χ0) is 48.7. The lowest BCUT2D eigenvalue weighted by Gasteiger charge is -2.27. The zero-order valence-corrected chi connectivity index (χ0v) is 37.2. The first-order chi connectivity index (χ1) is 32.8. The summed E-state index contributed by atoms with van der Waals surface area (Å²) in [5.41, 5.74) is 5.13. The molecule has 0 radical (unpaired) electrons. The topological polar surface area (TPSA) is 218 Å². The normalized spacial score (nSPS) is 14.6. The highest BCUT2D eigenvalue weighted by Crippen LogP contribution is 2.44. The molecular weight excluding hydrogens is 877 g/mol. The summed E-state index contributed by atoms with van der Waals surface area (Å²) in [5, 5.41) is 0. The lowest BCUT2D eigenvalue weighted by Crippen LogP contribution is -2.20. The Balaban J connectivity index is 1.23. The minimum absolute atomic E-state index is 0.0391. The number of esters is 6. The lowest BCUT2D eigenvalue weighted by molar-refractivity contribution is -0.151. The molecule has 2 aliphatic carbocycles. The summed E-state index contributed by atoms with van der Waals surface area (Å²) in [6, 6.07) is 24.0. The number of nitrogens with zero attached hydrogens (tertiary/aromatic N) is 2. The maximum Gasteiger partial charge on any atom is 0.330 e. The van der Waals surface area contributed by atoms with Crippen LogP contribution in [0.2, 0.25) is 0 Å². The van der Waals surface area contributed by atoms with Crippen molar-refractivity contribution >= 4 is 58.5 Å². The van der Waals surface area contributed by atoms with Gasteiger partial charge in [0.1, 0.15) is 26.4 Å². The molecule has 2 aromatic heterocycles. The van der Waals surface area contributed by atoms with Crippen LogP contribution in [0, 0.1) is 0 Å². The average Bonchev–Trinajstić information content (AvgIpc) is 3.35. The highest BCUT2D eigenvalue weighted by Gasteiger charge is 2.33. The third kappa shape index (κ3) is 12.5. The van der Waals surface area contributed by atoms with Crippen LogP contribution in [0.25, 0.3) is 11.1 Å². The molecule has 2 unspecified atom stereocenters. The number of pyridine rings is 2. The molecule has 68 heavy (non-hydrogen) atoms. The molecule has 0 amide bonds. The van der Waals surface area contributed by atoms with Gasteiger partial charge in [-0.25, -0.2) is 19.6 Å². The Hall–Kier alpha value is -8.40. The van der Waals surface area contributed by atoms with Crippen molar-refractivity contribution in [2.24, 2.45) is 0 Å². The molecule has 2 heterocycles. The second-order valence-electron chi connectivity index (χ2n) is 15.2. The smallest absolute Gasteiger partial charge is 0.330 e. The summed E-state index contributed by atoms with van der Waals surface area (Å²) in [7, 11) is 0. The van der Waals surface area contributed by atoms with Crippen LogP contribution in [0.15, 0.2) is 134 Å². The molecule has 0 fully saturated rings. The molecular formula is C52H46N2O14. The number of allylic oxidation sites excluding steroid dienone is 6. The van der Waals surface area contributed by atoms with E-state index in [0.29, 0.717) is 55.9 Å². The number of rotatable bonds is 20. The van der Waals surface area contributed by atoms with Crippen LogP contribution in [0.1, 0.15) is 94.6 Å². The van der Waals surface area contributed by atoms with E-state index in [2.05, 4.69) is 23.1 Å². The fourth-order valence-electron chi connectivity index (χ4n) is 7.21. The minimum Gasteiger partial charge on any atom is -0.462 e. The van der Waals surface area contributed by atoms with E-state index in [1.807, 2.05) is 38.1 Å². The highest BCUT2D eigenvalue weighted by molar-refractivity contribution is 6.24. The van der Waals surface area contributed by atoms with Crippen molar-refractivity contribution in [3.05, 3.63) is 167 Å². The van der Waals surface area contributed by atoms with Gasteiger partial charge >= 0.3 is 35.8 Å². The molecule has 348 valence electrons. The van der Waals surface area contributed by atoms with Crippen LogP contribution in [0.3, 0.4) is 0 Å². The maximum atomic E-state index is 14.3. The number of fused-ring (bicyclic) bond motifs is 2. The quantitative estimate of drug-likeness (QED) is 0.0372. The van der Waals surface area contributed by atoms with Gasteiger partial charge in [-0.3, -0.25) is 28.8 Å². The minimum atomic E-state index is -0.741. The molecule has 0 bridgehead atoms. The second-order valence-corrected chi connectivity index (χ2v) is 15.2. The second kappa shape index (κ2) is 23.2. The Labute approximate surface area is 391 Å². The van der Waals surface area contributed by atoms with Gasteiger partial charge < -0.3 is 28.4 Å². The molecule has 2 aromatic carbocycles. The van der Waals surface area contributed by atoms with Crippen molar-refractivity contribution in [3.63, 3.8) is 0 Å². The number of carbonyl (C=O) groups excluding carboxylic acids is 8. The van der Waals surface area contributed by atoms with Crippen molar-refractivity contribution in [2.75, 3.05) is 26.4 Å². The zero-order valence-electron chi connectivity index (χ0n) is 37.2. The number of aromatic nitrogens is 2. The predicted molar refractivity (Wildman–Crippen MR) is 244 cm³/mol. The van der Waals surface area contributed by atoms with Gasteiger partial charge in [0.05, 0.1) is 37.1 Å². The van der Waals surface area contributed by atoms with Crippen LogP contribution < -0.4 is 9.47 Å². The van der Waals surface area contributed by atoms with E-state index in [1.54, 1.807) is 60.7 Å². The van der Waals surface area contributed by atoms with E-state index in [-0.39, 0.29) is 75.4 Å². The van der Waals surface area contributed by atoms with Crippen LogP contribution in [-0.4, -0.2) is 83.8 Å². The van der Waals surface area contributed by atoms with Crippen LogP contribution in [0.5, 0.6) is 11.8 Å². The number of ether oxygens (including phenoxy) is 6. The van der Waals surface area contributed by atoms with Gasteiger partial charge in [-0.2, -0.15) is 0 Å². The fourth-order valence-corrected chi connectivity index (χ4v) is 7.21. The van der Waals surface area contributed by atoms with Gasteiger partial charge in [-0.15, -0.1) is 0 Å². The van der Waals surface area contributed by atoms with E-state index in [4.69, 9.17) is 28.4 Å². The van der Waals surface area contributed by atoms with Crippen molar-refractivity contribution in [3.8, 4) is 11.8 Å². The van der Waals surface area contributed by atoms with E-state index >= 15 is 0 Å². The molecule has 2 aliphatic rings. The molecule has 16 nitrogen and oxygen atoms in total. The van der Waals surface area contributed by atoms with Gasteiger partial charge in [0.15, 0.2) is 11.6 Å². The SMILES string of the molecule is C=CC(=O)OCCOC(=O)CCC(=O)Oc1cccc(C(C)C2=C/C(=C3/C=C(C(C)c4cccc(OC(=O)CCC(=O)OCCOC(=O)C=C)n4)C(=O)c4ccccc43)c3ccccc3C2=O)n1. The van der Waals surface area contributed by atoms with Gasteiger partial charge in [0.25, 0.3) is 0 Å². The lowest BCUT2D eigenvalue weighted by atomic mass is 9.75. The van der Waals surface area contributed by atoms with Crippen molar-refractivity contribution in [2.45, 2.75) is 51.4 Å². The van der Waals surface area contributed by atoms with Crippen LogP contribution in [0.4, 0.5) is 0 Å². The first kappa shape index (κ1) is 49.0. The monoisotopic (exact) mass is 922 g/mol. The van der Waals surface area contributed by atoms with Gasteiger partial charge in [0, 0.05) is 58.4 Å². The van der Waals surface area contributed by atoms with E-state index in [9.17, 15) is 38.4 Å². The summed E-state index contributed by atoms with van der Waals surface area (Å²) < 4.78 is 30.4. The molecule has 0 saturated carbocycles. The Morgan fingerprint density at radius 2 is 0.838 bits per heavy atom. The average molecular weight is 923 g/mol. The first-order valence-electron chi connectivity index (χ1n) is 21.5. The van der Waals surface area contributed by atoms with Crippen LogP contribution >= 0.6 is 0 Å². The molecule has 4 aromatic rings.